The van der Waals surface area contributed by atoms with Crippen molar-refractivity contribution < 1.29 is 5.11 Å². The van der Waals surface area contributed by atoms with Crippen LogP contribution in [-0.2, 0) is 0 Å². The number of nitrogens with zero attached hydrogens (tertiary/aromatic N) is 3. The van der Waals surface area contributed by atoms with Crippen molar-refractivity contribution in [2.75, 3.05) is 18.0 Å². The fourth-order valence-corrected chi connectivity index (χ4v) is 3.03. The summed E-state index contributed by atoms with van der Waals surface area (Å²) in [6.45, 7) is 5.99. The highest BCUT2D eigenvalue weighted by Crippen LogP contribution is 2.28. The third-order valence-electron chi connectivity index (χ3n) is 4.21. The molecule has 0 saturated carbocycles. The van der Waals surface area contributed by atoms with Gasteiger partial charge in [-0.3, -0.25) is 0 Å². The largest absolute Gasteiger partial charge is 0.508 e. The van der Waals surface area contributed by atoms with Gasteiger partial charge in [-0.15, -0.1) is 0 Å². The fraction of sp³-hybridized carbons (Fsp3) is 0.412. The number of aromatic hydroxyl groups is 1. The van der Waals surface area contributed by atoms with Crippen LogP contribution in [0.3, 0.4) is 0 Å². The number of nitrogens with two attached hydrogens (primary N) is 1. The van der Waals surface area contributed by atoms with Crippen LogP contribution in [0.2, 0.25) is 0 Å². The van der Waals surface area contributed by atoms with Gasteiger partial charge < -0.3 is 15.7 Å². The van der Waals surface area contributed by atoms with Crippen molar-refractivity contribution in [2.24, 2.45) is 5.73 Å². The lowest BCUT2D eigenvalue weighted by Crippen LogP contribution is -2.40. The minimum Gasteiger partial charge on any atom is -0.508 e. The van der Waals surface area contributed by atoms with Crippen LogP contribution in [0.1, 0.15) is 24.2 Å². The molecule has 0 amide bonds. The SMILES string of the molecule is Cc1nc(-c2ccc(O)cc2)nc(C)c1N1CCC(N)CC1. The van der Waals surface area contributed by atoms with E-state index in [0.29, 0.717) is 11.9 Å². The van der Waals surface area contributed by atoms with Gasteiger partial charge in [-0.05, 0) is 51.0 Å². The second kappa shape index (κ2) is 5.93. The number of anilines is 1. The summed E-state index contributed by atoms with van der Waals surface area (Å²) in [5.41, 5.74) is 10.0. The first-order valence-corrected chi connectivity index (χ1v) is 7.70. The van der Waals surface area contributed by atoms with Crippen molar-refractivity contribution in [3.8, 4) is 17.1 Å². The molecule has 1 aromatic carbocycles. The predicted octanol–water partition coefficient (Wildman–Crippen LogP) is 2.39. The summed E-state index contributed by atoms with van der Waals surface area (Å²) in [7, 11) is 0. The molecule has 5 nitrogen and oxygen atoms in total. The van der Waals surface area contributed by atoms with Gasteiger partial charge in [0.2, 0.25) is 0 Å². The van der Waals surface area contributed by atoms with Crippen molar-refractivity contribution in [1.82, 2.24) is 9.97 Å². The van der Waals surface area contributed by atoms with E-state index in [9.17, 15) is 5.11 Å². The molecule has 1 aliphatic heterocycles. The van der Waals surface area contributed by atoms with E-state index >= 15 is 0 Å². The average Bonchev–Trinajstić information content (AvgIpc) is 2.49. The van der Waals surface area contributed by atoms with E-state index in [1.54, 1.807) is 12.1 Å². The Kier molecular flexibility index (Phi) is 3.98. The first kappa shape index (κ1) is 14.8. The minimum atomic E-state index is 0.249. The maximum Gasteiger partial charge on any atom is 0.159 e. The van der Waals surface area contributed by atoms with Crippen LogP contribution in [-0.4, -0.2) is 34.2 Å². The summed E-state index contributed by atoms with van der Waals surface area (Å²) in [5.74, 6) is 0.950. The van der Waals surface area contributed by atoms with Crippen LogP contribution in [0.15, 0.2) is 24.3 Å². The highest BCUT2D eigenvalue weighted by Gasteiger charge is 2.21. The van der Waals surface area contributed by atoms with E-state index < -0.39 is 0 Å². The van der Waals surface area contributed by atoms with E-state index in [4.69, 9.17) is 5.73 Å². The van der Waals surface area contributed by atoms with Crippen LogP contribution in [0.5, 0.6) is 5.75 Å². The zero-order valence-corrected chi connectivity index (χ0v) is 13.1. The molecule has 116 valence electrons. The highest BCUT2D eigenvalue weighted by molar-refractivity contribution is 5.62. The Labute approximate surface area is 130 Å². The first-order valence-electron chi connectivity index (χ1n) is 7.70. The number of phenolic OH excluding ortho intramolecular Hbond substituents is 1. The molecule has 0 bridgehead atoms. The molecule has 0 atom stereocenters. The Morgan fingerprint density at radius 3 is 2.14 bits per heavy atom. The molecule has 0 radical (unpaired) electrons. The number of hydrogen-bond donors (Lipinski definition) is 2. The van der Waals surface area contributed by atoms with E-state index in [0.717, 1.165) is 48.6 Å². The van der Waals surface area contributed by atoms with Gasteiger partial charge in [0, 0.05) is 24.7 Å². The lowest BCUT2D eigenvalue weighted by atomic mass is 10.0. The van der Waals surface area contributed by atoms with Crippen LogP contribution < -0.4 is 10.6 Å². The number of hydrogen-bond acceptors (Lipinski definition) is 5. The quantitative estimate of drug-likeness (QED) is 0.890. The van der Waals surface area contributed by atoms with E-state index in [1.807, 2.05) is 26.0 Å². The maximum absolute atomic E-state index is 9.39. The molecule has 0 aliphatic carbocycles. The molecule has 0 spiro atoms. The van der Waals surface area contributed by atoms with Gasteiger partial charge >= 0.3 is 0 Å². The van der Waals surface area contributed by atoms with Gasteiger partial charge in [-0.25, -0.2) is 9.97 Å². The van der Waals surface area contributed by atoms with E-state index in [1.165, 1.54) is 0 Å². The molecule has 2 heterocycles. The summed E-state index contributed by atoms with van der Waals surface area (Å²) < 4.78 is 0. The number of aryl methyl sites for hydroxylation is 2. The standard InChI is InChI=1S/C17H22N4O/c1-11-16(21-9-7-14(18)8-10-21)12(2)20-17(19-11)13-3-5-15(22)6-4-13/h3-6,14,22H,7-10,18H2,1-2H3. The molecule has 1 aliphatic rings. The van der Waals surface area contributed by atoms with Gasteiger partial charge in [0.1, 0.15) is 5.75 Å². The average molecular weight is 298 g/mol. The first-order chi connectivity index (χ1) is 10.5. The summed E-state index contributed by atoms with van der Waals surface area (Å²) in [5, 5.41) is 9.39. The van der Waals surface area contributed by atoms with Crippen molar-refractivity contribution >= 4 is 5.69 Å². The third kappa shape index (κ3) is 2.90. The van der Waals surface area contributed by atoms with Crippen molar-refractivity contribution in [2.45, 2.75) is 32.7 Å². The smallest absolute Gasteiger partial charge is 0.159 e. The van der Waals surface area contributed by atoms with Crippen LogP contribution >= 0.6 is 0 Å². The number of phenols is 1. The van der Waals surface area contributed by atoms with Gasteiger partial charge in [0.05, 0.1) is 17.1 Å². The van der Waals surface area contributed by atoms with Gasteiger partial charge in [0.15, 0.2) is 5.82 Å². The summed E-state index contributed by atoms with van der Waals surface area (Å²) in [6, 6.07) is 7.30. The van der Waals surface area contributed by atoms with Crippen molar-refractivity contribution in [3.63, 3.8) is 0 Å². The molecule has 22 heavy (non-hydrogen) atoms. The molecular formula is C17H22N4O. The molecule has 1 aromatic heterocycles. The molecular weight excluding hydrogens is 276 g/mol. The monoisotopic (exact) mass is 298 g/mol. The topological polar surface area (TPSA) is 75.3 Å². The van der Waals surface area contributed by atoms with Crippen molar-refractivity contribution in [3.05, 3.63) is 35.7 Å². The van der Waals surface area contributed by atoms with E-state index in [2.05, 4.69) is 14.9 Å². The lowest BCUT2D eigenvalue weighted by molar-refractivity contribution is 0.475. The van der Waals surface area contributed by atoms with Crippen molar-refractivity contribution in [1.29, 1.82) is 0 Å². The predicted molar refractivity (Wildman–Crippen MR) is 88.0 cm³/mol. The van der Waals surface area contributed by atoms with Crippen LogP contribution in [0.25, 0.3) is 11.4 Å². The summed E-state index contributed by atoms with van der Waals surface area (Å²) in [6.07, 6.45) is 2.02. The Morgan fingerprint density at radius 2 is 1.59 bits per heavy atom. The van der Waals surface area contributed by atoms with Crippen LogP contribution in [0.4, 0.5) is 5.69 Å². The second-order valence-corrected chi connectivity index (χ2v) is 5.94. The molecule has 1 fully saturated rings. The zero-order chi connectivity index (χ0) is 15.7. The number of aromatic nitrogens is 2. The van der Waals surface area contributed by atoms with Gasteiger partial charge in [0.25, 0.3) is 0 Å². The Balaban J connectivity index is 1.93. The fourth-order valence-electron chi connectivity index (χ4n) is 3.03. The lowest BCUT2D eigenvalue weighted by Gasteiger charge is -2.33. The normalized spacial score (nSPS) is 16.0. The number of rotatable bonds is 2. The zero-order valence-electron chi connectivity index (χ0n) is 13.1. The molecule has 3 N–H and O–H groups in total. The number of piperidine rings is 1. The third-order valence-corrected chi connectivity index (χ3v) is 4.21. The minimum absolute atomic E-state index is 0.249. The van der Waals surface area contributed by atoms with Gasteiger partial charge in [-0.1, -0.05) is 0 Å². The van der Waals surface area contributed by atoms with Gasteiger partial charge in [-0.2, -0.15) is 0 Å². The molecule has 1 saturated heterocycles. The Bertz CT molecular complexity index is 638. The van der Waals surface area contributed by atoms with Crippen LogP contribution in [0, 0.1) is 13.8 Å². The molecule has 2 aromatic rings. The Morgan fingerprint density at radius 1 is 1.05 bits per heavy atom. The maximum atomic E-state index is 9.39. The summed E-state index contributed by atoms with van der Waals surface area (Å²) in [4.78, 5) is 11.7. The second-order valence-electron chi connectivity index (χ2n) is 5.94. The highest BCUT2D eigenvalue weighted by atomic mass is 16.3. The summed E-state index contributed by atoms with van der Waals surface area (Å²) >= 11 is 0. The molecule has 3 rings (SSSR count). The number of benzene rings is 1. The Hall–Kier alpha value is -2.14. The molecule has 0 unspecified atom stereocenters. The van der Waals surface area contributed by atoms with E-state index in [-0.39, 0.29) is 5.75 Å². The molecule has 5 heteroatoms.